The maximum Gasteiger partial charge on any atom is 0.184 e. The Kier molecular flexibility index (Phi) is 5.13. The Morgan fingerprint density at radius 2 is 1.71 bits per heavy atom. The molecule has 0 aromatic heterocycles. The average molecular weight is 379 g/mol. The van der Waals surface area contributed by atoms with Crippen LogP contribution in [-0.2, 0) is 6.42 Å². The molecule has 0 saturated carbocycles. The number of hydrogen-bond donors (Lipinski definition) is 0. The zero-order valence-corrected chi connectivity index (χ0v) is 16.6. The van der Waals surface area contributed by atoms with E-state index in [0.29, 0.717) is 13.2 Å². The summed E-state index contributed by atoms with van der Waals surface area (Å²) in [5, 5.41) is 0. The molecule has 2 aromatic rings. The smallest absolute Gasteiger partial charge is 0.184 e. The second-order valence-electron chi connectivity index (χ2n) is 8.23. The Balaban J connectivity index is 1.06. The Morgan fingerprint density at radius 3 is 2.61 bits per heavy atom. The predicted molar refractivity (Wildman–Crippen MR) is 113 cm³/mol. The highest BCUT2D eigenvalue weighted by molar-refractivity contribution is 5.65. The minimum absolute atomic E-state index is 0.648. The van der Waals surface area contributed by atoms with E-state index in [1.165, 1.54) is 37.9 Å². The monoisotopic (exact) mass is 378 g/mol. The molecule has 2 heterocycles. The fraction of sp³-hybridized carbons (Fsp3) is 0.500. The summed E-state index contributed by atoms with van der Waals surface area (Å²) in [7, 11) is 0. The summed E-state index contributed by atoms with van der Waals surface area (Å²) in [6.07, 6.45) is 5.31. The first kappa shape index (κ1) is 17.9. The molecular formula is C24H30N2O2. The van der Waals surface area contributed by atoms with E-state index >= 15 is 0 Å². The van der Waals surface area contributed by atoms with Crippen LogP contribution in [0.25, 0.3) is 0 Å². The zero-order valence-electron chi connectivity index (χ0n) is 16.6. The highest BCUT2D eigenvalue weighted by Gasteiger charge is 2.25. The van der Waals surface area contributed by atoms with Crippen molar-refractivity contribution < 1.29 is 9.47 Å². The second-order valence-corrected chi connectivity index (χ2v) is 8.23. The van der Waals surface area contributed by atoms with Crippen molar-refractivity contribution in [1.29, 1.82) is 0 Å². The van der Waals surface area contributed by atoms with Crippen LogP contribution in [0.4, 0.5) is 5.69 Å². The van der Waals surface area contributed by atoms with Gasteiger partial charge < -0.3 is 14.4 Å². The summed E-state index contributed by atoms with van der Waals surface area (Å²) in [5.74, 6) is 2.64. The zero-order chi connectivity index (χ0) is 18.8. The van der Waals surface area contributed by atoms with Crippen LogP contribution in [0.15, 0.2) is 42.5 Å². The van der Waals surface area contributed by atoms with Crippen LogP contribution in [0.1, 0.15) is 36.3 Å². The van der Waals surface area contributed by atoms with Gasteiger partial charge in [-0.05, 0) is 55.0 Å². The number of ether oxygens (including phenoxy) is 2. The molecule has 1 fully saturated rings. The van der Waals surface area contributed by atoms with Crippen molar-refractivity contribution in [3.8, 4) is 11.5 Å². The molecule has 148 valence electrons. The van der Waals surface area contributed by atoms with E-state index in [2.05, 4.69) is 46.2 Å². The normalized spacial score (nSPS) is 21.1. The second kappa shape index (κ2) is 8.04. The summed E-state index contributed by atoms with van der Waals surface area (Å²) < 4.78 is 11.6. The van der Waals surface area contributed by atoms with E-state index in [1.54, 1.807) is 11.1 Å². The summed E-state index contributed by atoms with van der Waals surface area (Å²) in [6, 6.07) is 15.2. The molecule has 5 rings (SSSR count). The molecule has 1 unspecified atom stereocenters. The minimum atomic E-state index is 0.648. The Morgan fingerprint density at radius 1 is 0.857 bits per heavy atom. The van der Waals surface area contributed by atoms with Gasteiger partial charge in [-0.25, -0.2) is 0 Å². The van der Waals surface area contributed by atoms with Crippen molar-refractivity contribution in [3.05, 3.63) is 53.6 Å². The van der Waals surface area contributed by atoms with Crippen LogP contribution in [-0.4, -0.2) is 50.8 Å². The van der Waals surface area contributed by atoms with E-state index in [-0.39, 0.29) is 0 Å². The molecule has 2 aliphatic heterocycles. The van der Waals surface area contributed by atoms with Gasteiger partial charge in [0.05, 0.1) is 5.69 Å². The molecule has 1 saturated heterocycles. The number of rotatable bonds is 6. The number of hydrogen-bond acceptors (Lipinski definition) is 4. The van der Waals surface area contributed by atoms with Gasteiger partial charge in [-0.15, -0.1) is 0 Å². The number of nitrogens with zero attached hydrogens (tertiary/aromatic N) is 2. The fourth-order valence-corrected chi connectivity index (χ4v) is 4.87. The molecule has 0 spiro atoms. The standard InChI is InChI=1S/C24H30N2O2/c1-2-8-21-19(6-1)18-20(21)7-3-4-11-25-12-14-26(15-13-25)22-9-5-10-23-24(22)28-17-16-27-23/h1-2,5-6,8-10,20H,3-4,7,11-18H2. The SMILES string of the molecule is c1ccc2c(c1)CC2CCCCN1CCN(c2cccc3c2OCCO3)CC1. The number of anilines is 1. The lowest BCUT2D eigenvalue weighted by Gasteiger charge is -2.37. The summed E-state index contributed by atoms with van der Waals surface area (Å²) in [6.45, 7) is 6.93. The quantitative estimate of drug-likeness (QED) is 0.707. The van der Waals surface area contributed by atoms with E-state index < -0.39 is 0 Å². The first-order valence-corrected chi connectivity index (χ1v) is 10.8. The van der Waals surface area contributed by atoms with Gasteiger partial charge in [-0.1, -0.05) is 36.8 Å². The summed E-state index contributed by atoms with van der Waals surface area (Å²) >= 11 is 0. The molecule has 4 nitrogen and oxygen atoms in total. The molecule has 1 aliphatic carbocycles. The molecule has 3 aliphatic rings. The molecule has 0 bridgehead atoms. The van der Waals surface area contributed by atoms with Crippen molar-refractivity contribution >= 4 is 5.69 Å². The summed E-state index contributed by atoms with van der Waals surface area (Å²) in [4.78, 5) is 5.08. The van der Waals surface area contributed by atoms with E-state index in [9.17, 15) is 0 Å². The number of unbranched alkanes of at least 4 members (excludes halogenated alkanes) is 1. The number of fused-ring (bicyclic) bond motifs is 2. The topological polar surface area (TPSA) is 24.9 Å². The molecule has 2 aromatic carbocycles. The molecule has 0 radical (unpaired) electrons. The number of para-hydroxylation sites is 1. The maximum absolute atomic E-state index is 5.90. The van der Waals surface area contributed by atoms with Crippen molar-refractivity contribution in [2.24, 2.45) is 0 Å². The lowest BCUT2D eigenvalue weighted by atomic mass is 9.75. The lowest BCUT2D eigenvalue weighted by molar-refractivity contribution is 0.171. The van der Waals surface area contributed by atoms with Crippen LogP contribution < -0.4 is 14.4 Å². The largest absolute Gasteiger partial charge is 0.486 e. The van der Waals surface area contributed by atoms with Crippen molar-refractivity contribution in [2.45, 2.75) is 31.6 Å². The highest BCUT2D eigenvalue weighted by atomic mass is 16.6. The van der Waals surface area contributed by atoms with Crippen molar-refractivity contribution in [1.82, 2.24) is 4.90 Å². The average Bonchev–Trinajstić information content (AvgIpc) is 2.74. The highest BCUT2D eigenvalue weighted by Crippen LogP contribution is 2.40. The maximum atomic E-state index is 5.90. The van der Waals surface area contributed by atoms with Crippen LogP contribution in [0.5, 0.6) is 11.5 Å². The first-order valence-electron chi connectivity index (χ1n) is 10.8. The molecule has 1 atom stereocenters. The summed E-state index contributed by atoms with van der Waals surface area (Å²) in [5.41, 5.74) is 4.37. The van der Waals surface area contributed by atoms with E-state index in [1.807, 2.05) is 6.07 Å². The van der Waals surface area contributed by atoms with Gasteiger partial charge in [-0.2, -0.15) is 0 Å². The Hall–Kier alpha value is -2.20. The third-order valence-corrected chi connectivity index (χ3v) is 6.50. The minimum Gasteiger partial charge on any atom is -0.486 e. The van der Waals surface area contributed by atoms with Crippen LogP contribution in [0.3, 0.4) is 0 Å². The number of piperazine rings is 1. The van der Waals surface area contributed by atoms with Gasteiger partial charge in [0.15, 0.2) is 11.5 Å². The van der Waals surface area contributed by atoms with Crippen molar-refractivity contribution in [2.75, 3.05) is 50.8 Å². The van der Waals surface area contributed by atoms with Crippen LogP contribution >= 0.6 is 0 Å². The Labute approximate surface area is 168 Å². The fourth-order valence-electron chi connectivity index (χ4n) is 4.87. The van der Waals surface area contributed by atoms with Crippen LogP contribution in [0, 0.1) is 0 Å². The van der Waals surface area contributed by atoms with Gasteiger partial charge in [-0.3, -0.25) is 4.90 Å². The van der Waals surface area contributed by atoms with Gasteiger partial charge in [0.1, 0.15) is 13.2 Å². The van der Waals surface area contributed by atoms with Crippen LogP contribution in [0.2, 0.25) is 0 Å². The van der Waals surface area contributed by atoms with Crippen molar-refractivity contribution in [3.63, 3.8) is 0 Å². The predicted octanol–water partition coefficient (Wildman–Crippen LogP) is 4.09. The van der Waals surface area contributed by atoms with Gasteiger partial charge >= 0.3 is 0 Å². The third kappa shape index (κ3) is 3.58. The third-order valence-electron chi connectivity index (χ3n) is 6.50. The molecule has 28 heavy (non-hydrogen) atoms. The molecule has 0 N–H and O–H groups in total. The number of benzene rings is 2. The first-order chi connectivity index (χ1) is 13.9. The molecule has 4 heteroatoms. The lowest BCUT2D eigenvalue weighted by Crippen LogP contribution is -2.46. The van der Waals surface area contributed by atoms with E-state index in [0.717, 1.165) is 43.6 Å². The molecular weight excluding hydrogens is 348 g/mol. The van der Waals surface area contributed by atoms with E-state index in [4.69, 9.17) is 9.47 Å². The van der Waals surface area contributed by atoms with Gasteiger partial charge in [0.2, 0.25) is 0 Å². The van der Waals surface area contributed by atoms with Gasteiger partial charge in [0, 0.05) is 26.2 Å². The Bertz CT molecular complexity index is 814. The van der Waals surface area contributed by atoms with Gasteiger partial charge in [0.25, 0.3) is 0 Å². The molecule has 0 amide bonds.